The van der Waals surface area contributed by atoms with Gasteiger partial charge in [-0.2, -0.15) is 9.97 Å². The summed E-state index contributed by atoms with van der Waals surface area (Å²) in [4.78, 5) is 53.8. The fraction of sp³-hybridized carbons (Fsp3) is 0.290. The van der Waals surface area contributed by atoms with Crippen LogP contribution in [-0.2, 0) is 0 Å². The average Bonchev–Trinajstić information content (AvgIpc) is 3.31. The number of nitrogens with zero attached hydrogens (tertiary/aromatic N) is 8. The quantitative estimate of drug-likeness (QED) is 0.0560. The number of hydrogen-bond acceptors (Lipinski definition) is 14. The van der Waals surface area contributed by atoms with E-state index < -0.39 is 18.4 Å². The van der Waals surface area contributed by atoms with Gasteiger partial charge in [0.15, 0.2) is 0 Å². The Kier molecular flexibility index (Phi) is 21.8. The summed E-state index contributed by atoms with van der Waals surface area (Å²) in [5.41, 5.74) is 15.1. The molecule has 6 heterocycles. The number of unbranched alkanes of at least 4 members (excludes halogenated alkanes) is 3. The van der Waals surface area contributed by atoms with Crippen molar-refractivity contribution in [2.75, 3.05) is 22.1 Å². The minimum atomic E-state index is -2.12. The summed E-state index contributed by atoms with van der Waals surface area (Å²) in [5, 5.41) is 12.3. The van der Waals surface area contributed by atoms with Gasteiger partial charge in [0, 0.05) is 41.4 Å². The Labute approximate surface area is 509 Å². The van der Waals surface area contributed by atoms with Crippen molar-refractivity contribution in [2.45, 2.75) is 112 Å². The molecule has 0 aliphatic carbocycles. The number of fused-ring (bicyclic) bond motifs is 2. The Balaban J connectivity index is 0.000000168. The molecule has 0 unspecified atom stereocenters. The van der Waals surface area contributed by atoms with Crippen LogP contribution < -0.4 is 36.1 Å². The molecule has 0 amide bonds. The zero-order valence-corrected chi connectivity index (χ0v) is 54.8. The minimum absolute atomic E-state index is 0.158. The second-order valence-electron chi connectivity index (χ2n) is 20.2. The Morgan fingerprint density at radius 3 is 1.49 bits per heavy atom. The molecular formula is C62H69BrCl2N12O2S2Sn. The molecule has 0 saturated heterocycles. The van der Waals surface area contributed by atoms with Crippen LogP contribution in [0.25, 0.3) is 43.4 Å². The number of nitrogens with one attached hydrogen (secondary N) is 2. The van der Waals surface area contributed by atoms with E-state index >= 15 is 0 Å². The third-order valence-electron chi connectivity index (χ3n) is 14.3. The molecule has 20 heteroatoms. The number of aryl methyl sites for hydroxylation is 2. The maximum atomic E-state index is 13.7. The maximum absolute atomic E-state index is 13.7. The molecule has 0 radical (unpaired) electrons. The molecule has 6 N–H and O–H groups in total. The van der Waals surface area contributed by atoms with E-state index in [-0.39, 0.29) is 35.1 Å². The number of nitrogen functional groups attached to an aromatic ring is 2. The molecule has 0 bridgehead atoms. The van der Waals surface area contributed by atoms with Gasteiger partial charge in [-0.05, 0) is 96.0 Å². The molecule has 0 saturated carbocycles. The van der Waals surface area contributed by atoms with Gasteiger partial charge in [-0.25, -0.2) is 15.0 Å². The van der Waals surface area contributed by atoms with Gasteiger partial charge in [0.1, 0.15) is 11.6 Å². The summed E-state index contributed by atoms with van der Waals surface area (Å²) >= 11 is 17.7. The third-order valence-corrected chi connectivity index (χ3v) is 35.5. The van der Waals surface area contributed by atoms with E-state index in [1.807, 2.05) is 129 Å². The summed E-state index contributed by atoms with van der Waals surface area (Å²) in [5.74, 6) is 1.43. The monoisotopic (exact) mass is 1350 g/mol. The van der Waals surface area contributed by atoms with Gasteiger partial charge in [-0.1, -0.05) is 83.9 Å². The molecule has 426 valence electrons. The van der Waals surface area contributed by atoms with Crippen LogP contribution in [0.4, 0.5) is 23.5 Å². The number of halogens is 3. The standard InChI is InChI=1S/C25H21ClN6OS.C21H17BrClN5O.C4H4NS.3C4H9.Sn/c1-14(30-23-18(12-29-25(27)31-23)21-13-28-15(2)34-21)20-11-16-7-6-10-19(26)22(16)24(33)32(20)17-8-4-3-5-9-17;1-12(26-19-15(22)11-25-21(24)27-19)17-10-13-6-5-9-16(23)18(13)20(29)28(17)14-7-3-2-4-8-14;1-4-5-2-3-6-4;3*1-3-4-2;/h3-14H,1-2H3,(H3,27,29,30,31);2-12H,1H3,(H3,24,25,26,27);2H,1H3;3*1,3-4H2,2H3;/t14-;12-;;;;;/m00...../s1. The van der Waals surface area contributed by atoms with Crippen LogP contribution in [0, 0.1) is 13.8 Å². The molecule has 0 aliphatic heterocycles. The van der Waals surface area contributed by atoms with Crippen LogP contribution in [-0.4, -0.2) is 57.4 Å². The molecule has 6 aromatic heterocycles. The molecule has 10 rings (SSSR count). The van der Waals surface area contributed by atoms with E-state index in [0.717, 1.165) is 49.0 Å². The zero-order valence-electron chi connectivity index (χ0n) is 47.2. The van der Waals surface area contributed by atoms with Crippen LogP contribution >= 0.6 is 61.8 Å². The second kappa shape index (κ2) is 28.9. The van der Waals surface area contributed by atoms with Crippen molar-refractivity contribution in [3.63, 3.8) is 0 Å². The Morgan fingerprint density at radius 2 is 1.04 bits per heavy atom. The number of nitrogens with two attached hydrogens (primary N) is 2. The Morgan fingerprint density at radius 1 is 0.585 bits per heavy atom. The maximum Gasteiger partial charge on any atom is 0.264 e. The summed E-state index contributed by atoms with van der Waals surface area (Å²) < 4.78 is 10.5. The van der Waals surface area contributed by atoms with Gasteiger partial charge in [0.25, 0.3) is 11.1 Å². The van der Waals surface area contributed by atoms with Crippen LogP contribution in [0.2, 0.25) is 23.4 Å². The zero-order chi connectivity index (χ0) is 58.5. The van der Waals surface area contributed by atoms with E-state index in [2.05, 4.69) is 90.4 Å². The van der Waals surface area contributed by atoms with E-state index in [1.54, 1.807) is 67.4 Å². The van der Waals surface area contributed by atoms with Crippen molar-refractivity contribution in [1.29, 1.82) is 0 Å². The van der Waals surface area contributed by atoms with Crippen molar-refractivity contribution in [2.24, 2.45) is 0 Å². The topological polar surface area (TPSA) is 197 Å². The fourth-order valence-electron chi connectivity index (χ4n) is 10.1. The van der Waals surface area contributed by atoms with E-state index in [1.165, 1.54) is 43.5 Å². The van der Waals surface area contributed by atoms with Crippen LogP contribution in [0.3, 0.4) is 0 Å². The molecule has 2 atom stereocenters. The number of thiazole rings is 2. The van der Waals surface area contributed by atoms with Gasteiger partial charge in [-0.3, -0.25) is 18.7 Å². The average molecular weight is 1350 g/mol. The predicted molar refractivity (Wildman–Crippen MR) is 351 cm³/mol. The Bertz CT molecular complexity index is 3880. The molecule has 14 nitrogen and oxygen atoms in total. The van der Waals surface area contributed by atoms with Crippen molar-refractivity contribution >= 4 is 128 Å². The molecule has 0 spiro atoms. The number of aromatic nitrogens is 8. The molecule has 0 fully saturated rings. The number of rotatable bonds is 19. The molecule has 4 aromatic carbocycles. The van der Waals surface area contributed by atoms with E-state index in [0.29, 0.717) is 36.9 Å². The van der Waals surface area contributed by atoms with Crippen molar-refractivity contribution < 1.29 is 0 Å². The first kappa shape index (κ1) is 61.8. The van der Waals surface area contributed by atoms with Gasteiger partial charge in [-0.15, -0.1) is 11.3 Å². The molecule has 82 heavy (non-hydrogen) atoms. The normalized spacial score (nSPS) is 12.1. The molecule has 0 aliphatic rings. The van der Waals surface area contributed by atoms with Gasteiger partial charge < -0.3 is 22.1 Å². The first-order chi connectivity index (χ1) is 39.6. The minimum Gasteiger partial charge on any atom is -0.368 e. The molecule has 10 aromatic rings. The van der Waals surface area contributed by atoms with Gasteiger partial charge in [0.05, 0.1) is 52.8 Å². The first-order valence-electron chi connectivity index (χ1n) is 27.6. The number of pyridine rings is 2. The van der Waals surface area contributed by atoms with Crippen molar-refractivity contribution in [3.8, 4) is 21.8 Å². The summed E-state index contributed by atoms with van der Waals surface area (Å²) in [6, 6.07) is 33.2. The second-order valence-corrected chi connectivity index (χ2v) is 38.5. The number of hydrogen-bond donors (Lipinski definition) is 4. The smallest absolute Gasteiger partial charge is 0.264 e. The van der Waals surface area contributed by atoms with Crippen LogP contribution in [0.1, 0.15) is 107 Å². The first-order valence-corrected chi connectivity index (χ1v) is 38.3. The molecular weight excluding hydrogens is 1280 g/mol. The van der Waals surface area contributed by atoms with Crippen LogP contribution in [0.15, 0.2) is 148 Å². The van der Waals surface area contributed by atoms with Gasteiger partial charge >= 0.3 is 128 Å². The summed E-state index contributed by atoms with van der Waals surface area (Å²) in [6.45, 7) is 15.1. The van der Waals surface area contributed by atoms with E-state index in [9.17, 15) is 9.59 Å². The number of benzene rings is 4. The summed E-state index contributed by atoms with van der Waals surface area (Å²) in [7, 11) is 0. The third kappa shape index (κ3) is 14.7. The van der Waals surface area contributed by atoms with Gasteiger partial charge in [0.2, 0.25) is 11.9 Å². The predicted octanol–water partition coefficient (Wildman–Crippen LogP) is 16.1. The summed E-state index contributed by atoms with van der Waals surface area (Å²) in [6.07, 6.45) is 15.7. The SMILES string of the molecule is CCC[CH2][Sn]([CH2]CCC)([CH2]CCC)[c]1cnc(C)s1.C[C@H](Nc1nc(N)ncc1Br)c1cc2cccc(Cl)c2c(=O)n1-c1ccccc1.Cc1ncc(-c2cnc(N)nc2N[C@@H](C)c2cc3cccc(Cl)c3c(=O)n2-c2ccccc2)s1. The van der Waals surface area contributed by atoms with Crippen LogP contribution in [0.5, 0.6) is 0 Å². The largest absolute Gasteiger partial charge is 0.368 e. The fourth-order valence-corrected chi connectivity index (χ4v) is 31.7. The van der Waals surface area contributed by atoms with Crippen molar-refractivity contribution in [3.05, 3.63) is 191 Å². The van der Waals surface area contributed by atoms with E-state index in [4.69, 9.17) is 34.7 Å². The number of para-hydroxylation sites is 2. The van der Waals surface area contributed by atoms with Crippen molar-refractivity contribution in [1.82, 2.24) is 39.0 Å². The number of anilines is 4. The Hall–Kier alpha value is -6.22.